The Kier molecular flexibility index (Phi) is 5.61. The molecule has 0 saturated carbocycles. The van der Waals surface area contributed by atoms with Crippen LogP contribution in [-0.4, -0.2) is 21.6 Å². The van der Waals surface area contributed by atoms with E-state index in [-0.39, 0.29) is 21.6 Å². The normalized spacial score (nSPS) is 8.40. The van der Waals surface area contributed by atoms with Crippen molar-refractivity contribution in [1.82, 2.24) is 0 Å². The van der Waals surface area contributed by atoms with Crippen LogP contribution in [0.1, 0.15) is 13.3 Å². The molecule has 0 N–H and O–H groups in total. The fourth-order valence-corrected chi connectivity index (χ4v) is 1.68. The number of hydrogen-bond acceptors (Lipinski definition) is 0. The van der Waals surface area contributed by atoms with Crippen LogP contribution in [0.4, 0.5) is 0 Å². The van der Waals surface area contributed by atoms with E-state index in [4.69, 9.17) is 0 Å². The van der Waals surface area contributed by atoms with Gasteiger partial charge in [-0.1, -0.05) is 0 Å². The number of rotatable bonds is 2. The summed E-state index contributed by atoms with van der Waals surface area (Å²) in [4.78, 5) is 2.38. The molecule has 5 heavy (non-hydrogen) atoms. The van der Waals surface area contributed by atoms with Gasteiger partial charge in [-0.3, -0.25) is 0 Å². The van der Waals surface area contributed by atoms with Gasteiger partial charge in [-0.05, 0) is 0 Å². The second-order valence-electron chi connectivity index (χ2n) is 1.10. The van der Waals surface area contributed by atoms with E-state index >= 15 is 0 Å². The first-order chi connectivity index (χ1) is 2.41. The monoisotopic (exact) mass is 180 g/mol. The molecule has 1 heteroatoms. The van der Waals surface area contributed by atoms with Gasteiger partial charge in [-0.15, -0.1) is 0 Å². The third-order valence-electron chi connectivity index (χ3n) is 0.500. The molecule has 0 aliphatic carbocycles. The van der Waals surface area contributed by atoms with Crippen LogP contribution < -0.4 is 0 Å². The van der Waals surface area contributed by atoms with Crippen LogP contribution in [0.5, 0.6) is 0 Å². The molecule has 0 bridgehead atoms. The Morgan fingerprint density at radius 3 is 2.20 bits per heavy atom. The standard InChI is InChI=1S/C3H7.CH3.Sb.H/c1-3-2;;;/h1,3H2,2H3;1H3;;. The summed E-state index contributed by atoms with van der Waals surface area (Å²) in [6.45, 7) is 2.25. The van der Waals surface area contributed by atoms with Crippen molar-refractivity contribution < 1.29 is 0 Å². The second-order valence-corrected chi connectivity index (χ2v) is 4.55. The molecule has 0 aliphatic heterocycles. The minimum absolute atomic E-state index is 0.206. The average Bonchev–Trinajstić information content (AvgIpc) is 1.41. The molecule has 0 radical (unpaired) electrons. The average molecular weight is 181 g/mol. The summed E-state index contributed by atoms with van der Waals surface area (Å²) in [7, 11) is 0. The molecule has 0 saturated heterocycles. The summed E-state index contributed by atoms with van der Waals surface area (Å²) in [6.07, 6.45) is 1.42. The first-order valence-electron chi connectivity index (χ1n) is 2.06. The molecule has 0 aromatic rings. The van der Waals surface area contributed by atoms with Crippen molar-refractivity contribution in [2.45, 2.75) is 22.6 Å². The van der Waals surface area contributed by atoms with Crippen molar-refractivity contribution >= 4 is 21.6 Å². The van der Waals surface area contributed by atoms with Crippen molar-refractivity contribution in [1.29, 1.82) is 0 Å². The first-order valence-corrected chi connectivity index (χ1v) is 6.93. The van der Waals surface area contributed by atoms with E-state index < -0.39 is 0 Å². The molecular formula is C4H11Sb. The van der Waals surface area contributed by atoms with Gasteiger partial charge >= 0.3 is 44.2 Å². The Bertz CT molecular complexity index is 11.1. The zero-order chi connectivity index (χ0) is 4.12. The first kappa shape index (κ1) is 5.82. The fourth-order valence-electron chi connectivity index (χ4n) is 0.250. The van der Waals surface area contributed by atoms with Gasteiger partial charge in [0.2, 0.25) is 0 Å². The van der Waals surface area contributed by atoms with E-state index in [0.29, 0.717) is 0 Å². The van der Waals surface area contributed by atoms with Gasteiger partial charge in [0.25, 0.3) is 0 Å². The van der Waals surface area contributed by atoms with Crippen LogP contribution in [0.15, 0.2) is 0 Å². The van der Waals surface area contributed by atoms with Crippen LogP contribution in [0.25, 0.3) is 0 Å². The quantitative estimate of drug-likeness (QED) is 0.563. The Balaban J connectivity index is 2.19. The van der Waals surface area contributed by atoms with Gasteiger partial charge in [0, 0.05) is 0 Å². The second kappa shape index (κ2) is 4.82. The Morgan fingerprint density at radius 2 is 2.20 bits per heavy atom. The zero-order valence-electron chi connectivity index (χ0n) is 3.91. The predicted octanol–water partition coefficient (Wildman–Crippen LogP) is 1.30. The summed E-state index contributed by atoms with van der Waals surface area (Å²) in [5.74, 6) is 0. The SMILES string of the molecule is CC[CH2][SbH][CH3]. The Hall–Kier alpha value is 0.818. The van der Waals surface area contributed by atoms with Crippen molar-refractivity contribution in [2.24, 2.45) is 0 Å². The van der Waals surface area contributed by atoms with Crippen LogP contribution in [0, 0.1) is 0 Å². The van der Waals surface area contributed by atoms with Gasteiger partial charge < -0.3 is 0 Å². The molecule has 0 aromatic carbocycles. The third-order valence-corrected chi connectivity index (χ3v) is 3.35. The van der Waals surface area contributed by atoms with Crippen LogP contribution in [0.2, 0.25) is 9.24 Å². The van der Waals surface area contributed by atoms with Gasteiger partial charge in [0.05, 0.1) is 0 Å². The topological polar surface area (TPSA) is 0 Å². The van der Waals surface area contributed by atoms with E-state index in [1.165, 1.54) is 6.42 Å². The van der Waals surface area contributed by atoms with Gasteiger partial charge in [0.15, 0.2) is 0 Å². The van der Waals surface area contributed by atoms with Crippen molar-refractivity contribution in [3.63, 3.8) is 0 Å². The van der Waals surface area contributed by atoms with Gasteiger partial charge in [-0.2, -0.15) is 0 Å². The molecule has 0 rings (SSSR count). The molecule has 0 atom stereocenters. The summed E-state index contributed by atoms with van der Waals surface area (Å²) < 4.78 is 1.56. The third kappa shape index (κ3) is 4.82. The minimum atomic E-state index is 0.206. The van der Waals surface area contributed by atoms with E-state index in [0.717, 1.165) is 0 Å². The molecular weight excluding hydrogens is 170 g/mol. The molecule has 0 amide bonds. The molecule has 0 spiro atoms. The molecule has 0 nitrogen and oxygen atoms in total. The summed E-state index contributed by atoms with van der Waals surface area (Å²) in [5.41, 5.74) is 0. The van der Waals surface area contributed by atoms with E-state index in [9.17, 15) is 0 Å². The molecule has 0 unspecified atom stereocenters. The Morgan fingerprint density at radius 1 is 1.60 bits per heavy atom. The van der Waals surface area contributed by atoms with E-state index in [1.54, 1.807) is 4.37 Å². The zero-order valence-corrected chi connectivity index (χ0v) is 6.77. The predicted molar refractivity (Wildman–Crippen MR) is 28.1 cm³/mol. The molecule has 0 fully saturated rings. The maximum atomic E-state index is 2.38. The Labute approximate surface area is 44.5 Å². The van der Waals surface area contributed by atoms with Crippen molar-refractivity contribution in [3.05, 3.63) is 0 Å². The van der Waals surface area contributed by atoms with Crippen LogP contribution in [-0.2, 0) is 0 Å². The number of hydrogen-bond donors (Lipinski definition) is 0. The summed E-state index contributed by atoms with van der Waals surface area (Å²) in [6, 6.07) is 0. The summed E-state index contributed by atoms with van der Waals surface area (Å²) in [5, 5.41) is 0. The van der Waals surface area contributed by atoms with Crippen molar-refractivity contribution in [2.75, 3.05) is 0 Å². The molecule has 0 heterocycles. The van der Waals surface area contributed by atoms with Gasteiger partial charge in [-0.25, -0.2) is 0 Å². The molecule has 0 aliphatic rings. The molecule has 0 aromatic heterocycles. The van der Waals surface area contributed by atoms with Crippen molar-refractivity contribution in [3.8, 4) is 0 Å². The maximum absolute atomic E-state index is 2.38. The van der Waals surface area contributed by atoms with Crippen LogP contribution in [0.3, 0.4) is 0 Å². The van der Waals surface area contributed by atoms with E-state index in [1.807, 2.05) is 0 Å². The van der Waals surface area contributed by atoms with E-state index in [2.05, 4.69) is 11.8 Å². The van der Waals surface area contributed by atoms with Gasteiger partial charge in [0.1, 0.15) is 0 Å². The summed E-state index contributed by atoms with van der Waals surface area (Å²) >= 11 is 0.206. The molecule has 32 valence electrons. The van der Waals surface area contributed by atoms with Crippen LogP contribution >= 0.6 is 0 Å². The fraction of sp³-hybridized carbons (Fsp3) is 1.00.